The van der Waals surface area contributed by atoms with E-state index in [0.717, 1.165) is 76.2 Å². The fraction of sp³-hybridized carbons (Fsp3) is 0.481. The summed E-state index contributed by atoms with van der Waals surface area (Å²) < 4.78 is 12.8. The summed E-state index contributed by atoms with van der Waals surface area (Å²) >= 11 is 0. The maximum absolute atomic E-state index is 12.9. The number of hydrogen-bond acceptors (Lipinski definition) is 7. The minimum Gasteiger partial charge on any atom is -0.379 e. The second-order valence-corrected chi connectivity index (χ2v) is 10.6. The van der Waals surface area contributed by atoms with Crippen molar-refractivity contribution in [3.05, 3.63) is 53.9 Å². The third-order valence-corrected chi connectivity index (χ3v) is 7.97. The highest BCUT2D eigenvalue weighted by Gasteiger charge is 2.50. The van der Waals surface area contributed by atoms with Crippen molar-refractivity contribution in [1.29, 1.82) is 0 Å². The van der Waals surface area contributed by atoms with Gasteiger partial charge in [0.2, 0.25) is 17.6 Å². The lowest BCUT2D eigenvalue weighted by atomic mass is 9.64. The molecule has 194 valence electrons. The number of aromatic nitrogens is 3. The average molecular weight is 505 g/mol. The predicted octanol–water partition coefficient (Wildman–Crippen LogP) is 3.16. The number of likely N-dealkylation sites (tertiary alicyclic amines) is 1. The van der Waals surface area contributed by atoms with Gasteiger partial charge in [0, 0.05) is 44.8 Å². The molecular weight excluding hydrogens is 472 g/mol. The highest BCUT2D eigenvalue weighted by Crippen LogP contribution is 2.55. The van der Waals surface area contributed by atoms with E-state index in [0.29, 0.717) is 11.6 Å². The molecule has 6 rings (SSSR count). The van der Waals surface area contributed by atoms with Crippen LogP contribution in [0.25, 0.3) is 11.0 Å². The van der Waals surface area contributed by atoms with Gasteiger partial charge in [0.15, 0.2) is 0 Å². The molecule has 1 spiro atoms. The molecule has 1 aromatic carbocycles. The van der Waals surface area contributed by atoms with Crippen molar-refractivity contribution >= 4 is 28.8 Å². The third kappa shape index (κ3) is 4.55. The molecule has 2 aromatic heterocycles. The summed E-state index contributed by atoms with van der Waals surface area (Å²) in [5.41, 5.74) is 3.78. The van der Waals surface area contributed by atoms with E-state index < -0.39 is 0 Å². The largest absolute Gasteiger partial charge is 0.379 e. The zero-order valence-corrected chi connectivity index (χ0v) is 21.1. The Morgan fingerprint density at radius 3 is 2.76 bits per heavy atom. The van der Waals surface area contributed by atoms with Crippen LogP contribution in [0.15, 0.2) is 41.4 Å². The Morgan fingerprint density at radius 1 is 1.22 bits per heavy atom. The van der Waals surface area contributed by atoms with E-state index in [1.54, 1.807) is 13.0 Å². The quantitative estimate of drug-likeness (QED) is 0.514. The van der Waals surface area contributed by atoms with Crippen LogP contribution in [0.4, 0.5) is 5.95 Å². The van der Waals surface area contributed by atoms with E-state index in [1.165, 1.54) is 11.6 Å². The monoisotopic (exact) mass is 504 g/mol. The Kier molecular flexibility index (Phi) is 6.08. The molecule has 2 saturated heterocycles. The number of hydrogen-bond donors (Lipinski definition) is 1. The molecule has 0 atom stereocenters. The van der Waals surface area contributed by atoms with E-state index in [-0.39, 0.29) is 29.0 Å². The number of rotatable bonds is 6. The van der Waals surface area contributed by atoms with Crippen LogP contribution >= 0.6 is 0 Å². The molecule has 0 bridgehead atoms. The molecule has 1 saturated carbocycles. The number of amides is 2. The average Bonchev–Trinajstić information content (AvgIpc) is 3.60. The molecule has 3 aliphatic rings. The summed E-state index contributed by atoms with van der Waals surface area (Å²) in [6.07, 6.45) is 4.24. The molecule has 2 amide bonds. The van der Waals surface area contributed by atoms with Gasteiger partial charge in [-0.15, -0.1) is 0 Å². The molecule has 1 N–H and O–H groups in total. The van der Waals surface area contributed by atoms with Gasteiger partial charge in [-0.3, -0.25) is 19.8 Å². The fourth-order valence-corrected chi connectivity index (χ4v) is 6.06. The van der Waals surface area contributed by atoms with Crippen LogP contribution in [0.5, 0.6) is 0 Å². The first kappa shape index (κ1) is 23.9. The molecule has 3 aromatic rings. The lowest BCUT2D eigenvalue weighted by molar-refractivity contribution is -0.125. The first-order valence-corrected chi connectivity index (χ1v) is 12.9. The zero-order valence-electron chi connectivity index (χ0n) is 21.1. The van der Waals surface area contributed by atoms with E-state index in [4.69, 9.17) is 14.2 Å². The first-order chi connectivity index (χ1) is 17.9. The number of nitrogens with one attached hydrogen (secondary N) is 1. The Morgan fingerprint density at radius 2 is 2.03 bits per heavy atom. The molecule has 0 unspecified atom stereocenters. The molecule has 1 aliphatic carbocycles. The normalized spacial score (nSPS) is 23.9. The number of ether oxygens (including phenoxy) is 1. The number of carbonyl (C=O) groups is 2. The van der Waals surface area contributed by atoms with Crippen LogP contribution in [-0.4, -0.2) is 75.7 Å². The van der Waals surface area contributed by atoms with Gasteiger partial charge in [-0.2, -0.15) is 0 Å². The van der Waals surface area contributed by atoms with E-state index >= 15 is 0 Å². The summed E-state index contributed by atoms with van der Waals surface area (Å²) in [4.78, 5) is 34.2. The molecule has 0 radical (unpaired) electrons. The number of aryl methyl sites for hydroxylation is 1. The highest BCUT2D eigenvalue weighted by molar-refractivity contribution is 6.02. The van der Waals surface area contributed by atoms with Crippen LogP contribution < -0.4 is 5.32 Å². The molecular formula is C27H32N6O4. The van der Waals surface area contributed by atoms with Crippen LogP contribution in [0, 0.1) is 12.3 Å². The van der Waals surface area contributed by atoms with Gasteiger partial charge in [0.05, 0.1) is 29.9 Å². The smallest absolute Gasteiger partial charge is 0.296 e. The highest BCUT2D eigenvalue weighted by atomic mass is 16.5. The Bertz CT molecular complexity index is 1350. The van der Waals surface area contributed by atoms with Gasteiger partial charge in [-0.25, -0.2) is 4.98 Å². The van der Waals surface area contributed by atoms with Crippen molar-refractivity contribution in [2.75, 3.05) is 44.7 Å². The van der Waals surface area contributed by atoms with Crippen molar-refractivity contribution in [3.8, 4) is 0 Å². The van der Waals surface area contributed by atoms with Crippen molar-refractivity contribution in [1.82, 2.24) is 24.5 Å². The second-order valence-electron chi connectivity index (χ2n) is 10.6. The topological polar surface area (TPSA) is 106 Å². The Labute approximate surface area is 215 Å². The van der Waals surface area contributed by atoms with Gasteiger partial charge in [-0.1, -0.05) is 17.8 Å². The summed E-state index contributed by atoms with van der Waals surface area (Å²) in [7, 11) is 0. The van der Waals surface area contributed by atoms with Gasteiger partial charge in [0.1, 0.15) is 0 Å². The maximum Gasteiger partial charge on any atom is 0.296 e. The van der Waals surface area contributed by atoms with E-state index in [9.17, 15) is 9.59 Å². The minimum absolute atomic E-state index is 0.00324. The van der Waals surface area contributed by atoms with Crippen LogP contribution in [0.3, 0.4) is 0 Å². The number of morpholine rings is 1. The van der Waals surface area contributed by atoms with Crippen LogP contribution in [0.1, 0.15) is 47.1 Å². The first-order valence-electron chi connectivity index (χ1n) is 12.9. The number of nitrogens with zero attached hydrogens (tertiary/aromatic N) is 5. The van der Waals surface area contributed by atoms with Gasteiger partial charge < -0.3 is 18.7 Å². The van der Waals surface area contributed by atoms with Gasteiger partial charge in [-0.05, 0) is 55.4 Å². The third-order valence-electron chi connectivity index (χ3n) is 7.97. The lowest BCUT2D eigenvalue weighted by Gasteiger charge is -2.46. The van der Waals surface area contributed by atoms with Crippen LogP contribution in [-0.2, 0) is 16.1 Å². The Hall–Kier alpha value is -3.50. The van der Waals surface area contributed by atoms with E-state index in [2.05, 4.69) is 44.7 Å². The van der Waals surface area contributed by atoms with Crippen LogP contribution in [0.2, 0.25) is 0 Å². The van der Waals surface area contributed by atoms with Gasteiger partial charge >= 0.3 is 0 Å². The van der Waals surface area contributed by atoms with Crippen molar-refractivity contribution in [2.45, 2.75) is 38.8 Å². The predicted molar refractivity (Wildman–Crippen MR) is 137 cm³/mol. The standard InChI is InChI=1S/C27H32N6O4/c1-3-24(34)32-7-6-27(17-32)14-20(15-27)33-22-5-4-19(16-31-8-10-36-11-9-31)13-21(22)28-26(33)29-25(35)23-12-18(2)30-37-23/h3-5,12-13,20H,1,6-11,14-17H2,2H3,(H,28,29,35)/t20-,27-. The van der Waals surface area contributed by atoms with Gasteiger partial charge in [0.25, 0.3) is 5.91 Å². The molecule has 2 aliphatic heterocycles. The number of anilines is 1. The number of imidazole rings is 1. The maximum atomic E-state index is 12.9. The second kappa shape index (κ2) is 9.42. The summed E-state index contributed by atoms with van der Waals surface area (Å²) in [6.45, 7) is 11.1. The zero-order chi connectivity index (χ0) is 25.6. The number of carbonyl (C=O) groups excluding carboxylic acids is 2. The summed E-state index contributed by atoms with van der Waals surface area (Å²) in [5, 5.41) is 6.80. The fourth-order valence-electron chi connectivity index (χ4n) is 6.06. The molecule has 37 heavy (non-hydrogen) atoms. The SMILES string of the molecule is C=CC(=O)N1CC[C@]2(C1)C[C@H](n1c(NC(=O)c3cc(C)no3)nc3cc(CN4CCOCC4)ccc31)C2. The van der Waals surface area contributed by atoms with Crippen molar-refractivity contribution in [3.63, 3.8) is 0 Å². The molecule has 3 fully saturated rings. The Balaban J connectivity index is 1.28. The summed E-state index contributed by atoms with van der Waals surface area (Å²) in [5.74, 6) is 0.290. The van der Waals surface area contributed by atoms with Crippen molar-refractivity contribution < 1.29 is 18.8 Å². The lowest BCUT2D eigenvalue weighted by Crippen LogP contribution is -2.42. The molecule has 10 heteroatoms. The molecule has 4 heterocycles. The van der Waals surface area contributed by atoms with Crippen molar-refractivity contribution in [2.24, 2.45) is 5.41 Å². The number of fused-ring (bicyclic) bond motifs is 1. The van der Waals surface area contributed by atoms with E-state index in [1.807, 2.05) is 4.90 Å². The number of benzene rings is 1. The minimum atomic E-state index is -0.372. The summed E-state index contributed by atoms with van der Waals surface area (Å²) in [6, 6.07) is 8.17. The molecule has 10 nitrogen and oxygen atoms in total.